The van der Waals surface area contributed by atoms with E-state index in [0.717, 1.165) is 39.4 Å². The van der Waals surface area contributed by atoms with Crippen LogP contribution >= 0.6 is 0 Å². The zero-order valence-electron chi connectivity index (χ0n) is 16.8. The van der Waals surface area contributed by atoms with Crippen LogP contribution in [0.4, 0.5) is 0 Å². The van der Waals surface area contributed by atoms with Crippen molar-refractivity contribution < 1.29 is 13.9 Å². The van der Waals surface area contributed by atoms with Gasteiger partial charge in [0, 0.05) is 24.5 Å². The summed E-state index contributed by atoms with van der Waals surface area (Å²) in [5, 5.41) is 7.77. The molecule has 1 aromatic heterocycles. The van der Waals surface area contributed by atoms with Crippen LogP contribution in [-0.4, -0.2) is 26.7 Å². The Bertz CT molecular complexity index is 963. The molecule has 0 bridgehead atoms. The lowest BCUT2D eigenvalue weighted by Crippen LogP contribution is -2.36. The first-order valence-corrected chi connectivity index (χ1v) is 9.37. The summed E-state index contributed by atoms with van der Waals surface area (Å²) < 4.78 is 16.9. The Labute approximate surface area is 165 Å². The molecule has 0 aliphatic rings. The second-order valence-corrected chi connectivity index (χ2v) is 6.34. The van der Waals surface area contributed by atoms with Crippen LogP contribution in [0, 0.1) is 6.92 Å². The number of fused-ring (bicyclic) bond motifs is 1. The topological polar surface area (TPSA) is 68.0 Å². The molecule has 28 heavy (non-hydrogen) atoms. The number of nitrogens with zero attached hydrogens (tertiary/aromatic N) is 1. The van der Waals surface area contributed by atoms with Gasteiger partial charge in [0.25, 0.3) is 0 Å². The Morgan fingerprint density at radius 2 is 1.86 bits per heavy atom. The van der Waals surface area contributed by atoms with Crippen LogP contribution < -0.4 is 20.1 Å². The van der Waals surface area contributed by atoms with Crippen LogP contribution in [0.15, 0.2) is 51.9 Å². The molecule has 0 saturated heterocycles. The van der Waals surface area contributed by atoms with E-state index in [9.17, 15) is 0 Å². The highest BCUT2D eigenvalue weighted by Gasteiger charge is 2.11. The lowest BCUT2D eigenvalue weighted by molar-refractivity contribution is 0.310. The number of nitrogens with one attached hydrogen (secondary N) is 2. The van der Waals surface area contributed by atoms with Crippen molar-refractivity contribution in [3.05, 3.63) is 59.4 Å². The lowest BCUT2D eigenvalue weighted by atomic mass is 10.1. The maximum atomic E-state index is 5.95. The fourth-order valence-electron chi connectivity index (χ4n) is 3.06. The molecule has 1 heterocycles. The average molecular weight is 381 g/mol. The van der Waals surface area contributed by atoms with E-state index in [1.54, 1.807) is 14.2 Å². The van der Waals surface area contributed by atoms with E-state index >= 15 is 0 Å². The number of ether oxygens (including phenoxy) is 2. The minimum atomic E-state index is 0.562. The van der Waals surface area contributed by atoms with Crippen LogP contribution in [0.1, 0.15) is 23.8 Å². The third-order valence-corrected chi connectivity index (χ3v) is 4.57. The molecular weight excluding hydrogens is 354 g/mol. The van der Waals surface area contributed by atoms with E-state index in [1.807, 2.05) is 43.3 Å². The number of hydrogen-bond donors (Lipinski definition) is 2. The largest absolute Gasteiger partial charge is 0.493 e. The van der Waals surface area contributed by atoms with Crippen molar-refractivity contribution in [1.82, 2.24) is 10.6 Å². The highest BCUT2D eigenvalue weighted by Crippen LogP contribution is 2.28. The van der Waals surface area contributed by atoms with Gasteiger partial charge in [0.1, 0.15) is 11.3 Å². The van der Waals surface area contributed by atoms with Crippen molar-refractivity contribution in [3.8, 4) is 11.5 Å². The number of methoxy groups -OCH3 is 1. The maximum absolute atomic E-state index is 5.95. The Balaban J connectivity index is 1.62. The van der Waals surface area contributed by atoms with Gasteiger partial charge in [0.05, 0.1) is 20.3 Å². The smallest absolute Gasteiger partial charge is 0.191 e. The second kappa shape index (κ2) is 9.17. The maximum Gasteiger partial charge on any atom is 0.191 e. The molecule has 6 nitrogen and oxygen atoms in total. The molecule has 3 aromatic rings. The molecule has 0 unspecified atom stereocenters. The minimum absolute atomic E-state index is 0.562. The van der Waals surface area contributed by atoms with Crippen LogP contribution in [0.2, 0.25) is 0 Å². The van der Waals surface area contributed by atoms with Gasteiger partial charge in [-0.1, -0.05) is 24.3 Å². The normalized spacial score (nSPS) is 11.5. The number of para-hydroxylation sites is 1. The van der Waals surface area contributed by atoms with E-state index in [1.165, 1.54) is 0 Å². The standard InChI is InChI=1S/C22H27N3O3/c1-5-27-20-12-16(10-11-19(20)26-4)13-24-22(23-3)25-14-21-15(2)17-8-6-7-9-18(17)28-21/h6-12H,5,13-14H2,1-4H3,(H2,23,24,25). The molecule has 0 saturated carbocycles. The lowest BCUT2D eigenvalue weighted by Gasteiger charge is -2.14. The van der Waals surface area contributed by atoms with Gasteiger partial charge < -0.3 is 24.5 Å². The zero-order valence-corrected chi connectivity index (χ0v) is 16.8. The summed E-state index contributed by atoms with van der Waals surface area (Å²) >= 11 is 0. The minimum Gasteiger partial charge on any atom is -0.493 e. The molecule has 0 atom stereocenters. The summed E-state index contributed by atoms with van der Waals surface area (Å²) in [5.74, 6) is 3.08. The van der Waals surface area contributed by atoms with Gasteiger partial charge in [-0.05, 0) is 37.6 Å². The van der Waals surface area contributed by atoms with E-state index in [0.29, 0.717) is 25.7 Å². The zero-order chi connectivity index (χ0) is 19.9. The van der Waals surface area contributed by atoms with Crippen LogP contribution in [0.5, 0.6) is 11.5 Å². The molecule has 148 valence electrons. The Kier molecular flexibility index (Phi) is 6.42. The number of rotatable bonds is 7. The summed E-state index contributed by atoms with van der Waals surface area (Å²) in [4.78, 5) is 4.29. The van der Waals surface area contributed by atoms with Crippen molar-refractivity contribution in [2.24, 2.45) is 4.99 Å². The predicted molar refractivity (Wildman–Crippen MR) is 112 cm³/mol. The highest BCUT2D eigenvalue weighted by atomic mass is 16.5. The number of furan rings is 1. The fraction of sp³-hybridized carbons (Fsp3) is 0.318. The first kappa shape index (κ1) is 19.6. The highest BCUT2D eigenvalue weighted by molar-refractivity contribution is 5.83. The third-order valence-electron chi connectivity index (χ3n) is 4.57. The number of hydrogen-bond acceptors (Lipinski definition) is 4. The van der Waals surface area contributed by atoms with Crippen LogP contribution in [0.3, 0.4) is 0 Å². The number of aliphatic imine (C=N–C) groups is 1. The average Bonchev–Trinajstić information content (AvgIpc) is 3.04. The molecule has 0 spiro atoms. The Morgan fingerprint density at radius 1 is 1.07 bits per heavy atom. The molecule has 3 rings (SSSR count). The van der Waals surface area contributed by atoms with Gasteiger partial charge in [-0.15, -0.1) is 0 Å². The van der Waals surface area contributed by atoms with Crippen molar-refractivity contribution in [2.75, 3.05) is 20.8 Å². The second-order valence-electron chi connectivity index (χ2n) is 6.34. The quantitative estimate of drug-likeness (QED) is 0.478. The van der Waals surface area contributed by atoms with Crippen molar-refractivity contribution >= 4 is 16.9 Å². The molecule has 0 aliphatic heterocycles. The molecule has 0 radical (unpaired) electrons. The van der Waals surface area contributed by atoms with Crippen LogP contribution in [0.25, 0.3) is 11.0 Å². The molecule has 0 aliphatic carbocycles. The summed E-state index contributed by atoms with van der Waals surface area (Å²) in [5.41, 5.74) is 3.13. The van der Waals surface area contributed by atoms with Crippen molar-refractivity contribution in [1.29, 1.82) is 0 Å². The van der Waals surface area contributed by atoms with E-state index in [-0.39, 0.29) is 0 Å². The summed E-state index contributed by atoms with van der Waals surface area (Å²) in [6.07, 6.45) is 0. The van der Waals surface area contributed by atoms with Gasteiger partial charge in [0.2, 0.25) is 0 Å². The summed E-state index contributed by atoms with van der Waals surface area (Å²) in [6.45, 7) is 5.80. The van der Waals surface area contributed by atoms with Crippen LogP contribution in [-0.2, 0) is 13.1 Å². The third kappa shape index (κ3) is 4.39. The summed E-state index contributed by atoms with van der Waals surface area (Å²) in [7, 11) is 3.39. The molecule has 0 amide bonds. The van der Waals surface area contributed by atoms with Gasteiger partial charge in [-0.2, -0.15) is 0 Å². The molecule has 2 aromatic carbocycles. The summed E-state index contributed by atoms with van der Waals surface area (Å²) in [6, 6.07) is 14.0. The Morgan fingerprint density at radius 3 is 2.57 bits per heavy atom. The van der Waals surface area contributed by atoms with Crippen molar-refractivity contribution in [2.45, 2.75) is 26.9 Å². The molecular formula is C22H27N3O3. The number of benzene rings is 2. The monoisotopic (exact) mass is 381 g/mol. The number of guanidine groups is 1. The van der Waals surface area contributed by atoms with E-state index in [4.69, 9.17) is 13.9 Å². The van der Waals surface area contributed by atoms with Gasteiger partial charge in [-0.3, -0.25) is 4.99 Å². The SMILES string of the molecule is CCOc1cc(CNC(=NC)NCc2oc3ccccc3c2C)ccc1OC. The van der Waals surface area contributed by atoms with Gasteiger partial charge in [0.15, 0.2) is 17.5 Å². The first-order chi connectivity index (χ1) is 13.7. The van der Waals surface area contributed by atoms with Gasteiger partial charge >= 0.3 is 0 Å². The number of aryl methyl sites for hydroxylation is 1. The van der Waals surface area contributed by atoms with E-state index in [2.05, 4.69) is 28.6 Å². The fourth-order valence-corrected chi connectivity index (χ4v) is 3.06. The van der Waals surface area contributed by atoms with Gasteiger partial charge in [-0.25, -0.2) is 0 Å². The van der Waals surface area contributed by atoms with E-state index < -0.39 is 0 Å². The molecule has 0 fully saturated rings. The molecule has 6 heteroatoms. The predicted octanol–water partition coefficient (Wildman–Crippen LogP) is 4.01. The Hall–Kier alpha value is -3.15. The first-order valence-electron chi connectivity index (χ1n) is 9.37. The molecule has 2 N–H and O–H groups in total. The van der Waals surface area contributed by atoms with Crippen molar-refractivity contribution in [3.63, 3.8) is 0 Å².